The minimum absolute atomic E-state index is 0.0152. The molecule has 3 saturated heterocycles. The molecule has 384 valence electrons. The number of hydrogen-bond donors (Lipinski definition) is 5. The topological polar surface area (TPSA) is 228 Å². The van der Waals surface area contributed by atoms with Gasteiger partial charge in [-0.05, 0) is 93.4 Å². The number of nitrogen functional groups attached to an aromatic ring is 1. The van der Waals surface area contributed by atoms with Crippen LogP contribution in [0.15, 0.2) is 73.2 Å². The summed E-state index contributed by atoms with van der Waals surface area (Å²) >= 11 is 0. The fourth-order valence-corrected chi connectivity index (χ4v) is 10.1. The van der Waals surface area contributed by atoms with Crippen molar-refractivity contribution >= 4 is 64.1 Å². The van der Waals surface area contributed by atoms with E-state index in [0.29, 0.717) is 79.6 Å². The second-order valence-electron chi connectivity index (χ2n) is 19.4. The summed E-state index contributed by atoms with van der Waals surface area (Å²) in [6.07, 6.45) is 12.8. The van der Waals surface area contributed by atoms with Gasteiger partial charge in [0, 0.05) is 86.9 Å². The Balaban J connectivity index is 0.763. The molecule has 4 aliphatic rings. The number of H-pyrrole nitrogens is 1. The number of aromatic nitrogens is 5. The van der Waals surface area contributed by atoms with Crippen molar-refractivity contribution < 1.29 is 37.1 Å². The zero-order valence-electron chi connectivity index (χ0n) is 40.5. The van der Waals surface area contributed by atoms with Crippen molar-refractivity contribution in [3.63, 3.8) is 0 Å². The van der Waals surface area contributed by atoms with Crippen LogP contribution in [0, 0.1) is 5.92 Å². The average molecular weight is 1000 g/mol. The number of nitrogens with one attached hydrogen (secondary N) is 4. The van der Waals surface area contributed by atoms with E-state index in [-0.39, 0.29) is 65.5 Å². The van der Waals surface area contributed by atoms with E-state index in [0.717, 1.165) is 87.9 Å². The molecule has 0 bridgehead atoms. The molecule has 6 amide bonds. The monoisotopic (exact) mass is 1000 g/mol. The molecule has 0 spiro atoms. The van der Waals surface area contributed by atoms with E-state index in [1.165, 1.54) is 18.6 Å². The third kappa shape index (κ3) is 12.6. The highest BCUT2D eigenvalue weighted by Crippen LogP contribution is 2.33. The van der Waals surface area contributed by atoms with E-state index in [9.17, 15) is 37.1 Å². The first kappa shape index (κ1) is 50.5. The highest BCUT2D eigenvalue weighted by molar-refractivity contribution is 6.06. The molecular weight excluding hydrogens is 944 g/mol. The number of carbonyl (C=O) groups is 5. The first-order valence-corrected chi connectivity index (χ1v) is 25.1. The van der Waals surface area contributed by atoms with Gasteiger partial charge in [-0.2, -0.15) is 18.3 Å². The number of rotatable bonds is 17. The molecule has 0 unspecified atom stereocenters. The molecule has 4 aromatic heterocycles. The molecule has 1 saturated carbocycles. The first-order chi connectivity index (χ1) is 35.2. The fraction of sp³-hybridized carbons (Fsp3) is 0.442. The van der Waals surface area contributed by atoms with E-state index in [4.69, 9.17) is 10.7 Å². The van der Waals surface area contributed by atoms with E-state index >= 15 is 0 Å². The fourth-order valence-electron chi connectivity index (χ4n) is 10.1. The Morgan fingerprint density at radius 1 is 0.918 bits per heavy atom. The van der Waals surface area contributed by atoms with Gasteiger partial charge in [-0.1, -0.05) is 49.6 Å². The number of anilines is 3. The summed E-state index contributed by atoms with van der Waals surface area (Å²) in [6.45, 7) is 4.69. The largest absolute Gasteiger partial charge is 0.416 e. The molecule has 1 aliphatic carbocycles. The number of unbranched alkanes of at least 4 members (excludes halogenated alkanes) is 1. The van der Waals surface area contributed by atoms with Crippen molar-refractivity contribution in [3.8, 4) is 11.3 Å². The van der Waals surface area contributed by atoms with Gasteiger partial charge in [0.25, 0.3) is 5.91 Å². The van der Waals surface area contributed by atoms with Crippen molar-refractivity contribution in [1.82, 2.24) is 50.5 Å². The van der Waals surface area contributed by atoms with Crippen LogP contribution in [0.4, 0.5) is 35.4 Å². The Morgan fingerprint density at radius 3 is 2.42 bits per heavy atom. The van der Waals surface area contributed by atoms with Crippen molar-refractivity contribution in [1.29, 1.82) is 0 Å². The summed E-state index contributed by atoms with van der Waals surface area (Å²) in [5.74, 6) is 0.0876. The maximum Gasteiger partial charge on any atom is 0.416 e. The normalized spacial score (nSPS) is 17.5. The molecule has 0 atom stereocenters. The number of alkyl halides is 3. The molecule has 1 aromatic carbocycles. The molecule has 73 heavy (non-hydrogen) atoms. The SMILES string of the molecule is Nc1ncc(/C=C/CCCN(CC(=O)NC2CCCCC2)C(=O)CC2CCN(Cc3ccc(N4CC(N5CCC(=O)NC5=O)C4)nc3)CC2)c2n[nH]c(-c3ccc(C(=O)Nc4cc(C(F)(F)F)ccn4)cc3)c12. The van der Waals surface area contributed by atoms with Gasteiger partial charge in [0.1, 0.15) is 23.0 Å². The van der Waals surface area contributed by atoms with Crippen molar-refractivity contribution in [2.24, 2.45) is 5.92 Å². The van der Waals surface area contributed by atoms with Crippen molar-refractivity contribution in [2.45, 2.75) is 95.4 Å². The van der Waals surface area contributed by atoms with Crippen LogP contribution in [-0.4, -0.2) is 127 Å². The van der Waals surface area contributed by atoms with Gasteiger partial charge in [-0.25, -0.2) is 19.7 Å². The number of amides is 6. The quantitative estimate of drug-likeness (QED) is 0.0609. The van der Waals surface area contributed by atoms with Crippen LogP contribution in [0.25, 0.3) is 28.2 Å². The predicted octanol–water partition coefficient (Wildman–Crippen LogP) is 6.77. The van der Waals surface area contributed by atoms with Crippen molar-refractivity contribution in [2.75, 3.05) is 61.8 Å². The van der Waals surface area contributed by atoms with Crippen LogP contribution < -0.4 is 26.6 Å². The van der Waals surface area contributed by atoms with E-state index in [1.54, 1.807) is 28.1 Å². The summed E-state index contributed by atoms with van der Waals surface area (Å²) < 4.78 is 39.5. The van der Waals surface area contributed by atoms with E-state index in [1.807, 2.05) is 24.4 Å². The number of piperidine rings is 1. The van der Waals surface area contributed by atoms with Gasteiger partial charge < -0.3 is 31.1 Å². The summed E-state index contributed by atoms with van der Waals surface area (Å²) in [7, 11) is 0. The number of nitrogens with zero attached hydrogens (tertiary/aromatic N) is 8. The molecule has 3 aliphatic heterocycles. The number of imide groups is 1. The zero-order chi connectivity index (χ0) is 51.1. The molecule has 21 heteroatoms. The molecular formula is C52H60F3N13O5. The lowest BCUT2D eigenvalue weighted by atomic mass is 9.92. The van der Waals surface area contributed by atoms with Crippen molar-refractivity contribution in [3.05, 3.63) is 95.5 Å². The summed E-state index contributed by atoms with van der Waals surface area (Å²) in [5.41, 5.74) is 9.26. The molecule has 9 rings (SSSR count). The second-order valence-corrected chi connectivity index (χ2v) is 19.4. The lowest BCUT2D eigenvalue weighted by molar-refractivity contribution is -0.137. The number of allylic oxidation sites excluding steroid dienone is 1. The Kier molecular flexibility index (Phi) is 15.6. The van der Waals surface area contributed by atoms with Crippen LogP contribution in [0.5, 0.6) is 0 Å². The third-order valence-corrected chi connectivity index (χ3v) is 14.3. The number of fused-ring (bicyclic) bond motifs is 1. The number of nitrogens with two attached hydrogens (primary N) is 1. The lowest BCUT2D eigenvalue weighted by Gasteiger charge is -2.46. The van der Waals surface area contributed by atoms with Gasteiger partial charge in [0.05, 0.1) is 29.2 Å². The lowest BCUT2D eigenvalue weighted by Crippen LogP contribution is -2.65. The number of carbonyl (C=O) groups excluding carboxylic acids is 5. The van der Waals surface area contributed by atoms with Gasteiger partial charge >= 0.3 is 12.2 Å². The van der Waals surface area contributed by atoms with Gasteiger partial charge in [0.2, 0.25) is 17.7 Å². The maximum atomic E-state index is 14.0. The third-order valence-electron chi connectivity index (χ3n) is 14.3. The molecule has 6 N–H and O–H groups in total. The van der Waals surface area contributed by atoms with Crippen LogP contribution in [0.3, 0.4) is 0 Å². The molecule has 0 radical (unpaired) electrons. The predicted molar refractivity (Wildman–Crippen MR) is 269 cm³/mol. The number of halogens is 3. The standard InChI is InChI=1S/C52H60F3N13O5/c53-52(54,55)38-16-20-57-41(26-38)61-50(72)36-13-11-35(12-14-36)47-46-48(64-63-47)37(28-59-49(46)56)7-3-2-6-21-66(32-44(70)60-39-8-4-1-5-9-39)45(71)25-33-17-22-65(23-18-33)29-34-10-15-42(58-27-34)67-30-40(31-67)68-24-19-43(69)62-51(68)73/h3,7,10-16,20,26-28,33,39-40H,1-2,4-6,8-9,17-19,21-25,29-32H2,(H2,56,59)(H,60,70)(H,63,64)(H,57,61,72)(H,62,69,73)/b7-3+. The molecule has 5 aromatic rings. The first-order valence-electron chi connectivity index (χ1n) is 25.1. The van der Waals surface area contributed by atoms with Crippen LogP contribution in [0.2, 0.25) is 0 Å². The average Bonchev–Trinajstić information content (AvgIpc) is 3.82. The van der Waals surface area contributed by atoms with Gasteiger partial charge in [0.15, 0.2) is 0 Å². The Hall–Kier alpha value is -7.42. The zero-order valence-corrected chi connectivity index (χ0v) is 40.5. The molecule has 7 heterocycles. The summed E-state index contributed by atoms with van der Waals surface area (Å²) in [5, 5.41) is 16.2. The van der Waals surface area contributed by atoms with E-state index < -0.39 is 17.6 Å². The van der Waals surface area contributed by atoms with Gasteiger partial charge in [-0.15, -0.1) is 0 Å². The van der Waals surface area contributed by atoms with Gasteiger partial charge in [-0.3, -0.25) is 34.5 Å². The Morgan fingerprint density at radius 2 is 1.70 bits per heavy atom. The minimum atomic E-state index is -4.58. The number of pyridine rings is 3. The minimum Gasteiger partial charge on any atom is -0.383 e. The maximum absolute atomic E-state index is 14.0. The highest BCUT2D eigenvalue weighted by Gasteiger charge is 2.38. The highest BCUT2D eigenvalue weighted by atomic mass is 19.4. The summed E-state index contributed by atoms with van der Waals surface area (Å²) in [4.78, 5) is 84.9. The number of likely N-dealkylation sites (tertiary alicyclic amines) is 1. The summed E-state index contributed by atoms with van der Waals surface area (Å²) in [6, 6.07) is 12.0. The molecule has 4 fully saturated rings. The van der Waals surface area contributed by atoms with E-state index in [2.05, 4.69) is 52.0 Å². The number of urea groups is 1. The van der Waals surface area contributed by atoms with Crippen LogP contribution in [0.1, 0.15) is 97.7 Å². The number of benzene rings is 1. The molecule has 18 nitrogen and oxygen atoms in total. The Labute approximate surface area is 420 Å². The van der Waals surface area contributed by atoms with Crippen LogP contribution in [-0.2, 0) is 27.1 Å². The smallest absolute Gasteiger partial charge is 0.383 e. The number of hydrogen-bond acceptors (Lipinski definition) is 12. The number of aromatic amines is 1. The van der Waals surface area contributed by atoms with Crippen LogP contribution >= 0.6 is 0 Å². The Bertz CT molecular complexity index is 2820. The second kappa shape index (κ2) is 22.6.